The van der Waals surface area contributed by atoms with Crippen LogP contribution in [0.25, 0.3) is 0 Å². The third-order valence-electron chi connectivity index (χ3n) is 2.69. The van der Waals surface area contributed by atoms with Gasteiger partial charge in [-0.05, 0) is 17.7 Å². The van der Waals surface area contributed by atoms with Gasteiger partial charge in [0.1, 0.15) is 6.61 Å². The van der Waals surface area contributed by atoms with Crippen molar-refractivity contribution in [3.8, 4) is 0 Å². The third kappa shape index (κ3) is 2.26. The van der Waals surface area contributed by atoms with E-state index >= 15 is 0 Å². The van der Waals surface area contributed by atoms with Crippen LogP contribution in [-0.2, 0) is 17.5 Å². The van der Waals surface area contributed by atoms with Crippen LogP contribution in [0.15, 0.2) is 18.2 Å². The number of benzene rings is 1. The molecule has 0 aliphatic carbocycles. The van der Waals surface area contributed by atoms with Crippen LogP contribution in [0.5, 0.6) is 0 Å². The topological polar surface area (TPSA) is 55.6 Å². The molecule has 0 aromatic heterocycles. The number of cyclic esters (lactones) is 1. The van der Waals surface area contributed by atoms with Crippen molar-refractivity contribution in [2.24, 2.45) is 5.73 Å². The maximum Gasteiger partial charge on any atom is 0.416 e. The van der Waals surface area contributed by atoms with Crippen LogP contribution >= 0.6 is 0 Å². The first-order valence-electron chi connectivity index (χ1n) is 5.28. The fraction of sp³-hybridized carbons (Fsp3) is 0.364. The van der Waals surface area contributed by atoms with Crippen LogP contribution in [-0.4, -0.2) is 19.2 Å². The predicted molar refractivity (Wildman–Crippen MR) is 58.0 cm³/mol. The molecule has 98 valence electrons. The molecule has 0 unspecified atom stereocenters. The van der Waals surface area contributed by atoms with Crippen LogP contribution < -0.4 is 10.6 Å². The van der Waals surface area contributed by atoms with Crippen molar-refractivity contribution in [2.45, 2.75) is 12.7 Å². The zero-order valence-electron chi connectivity index (χ0n) is 9.33. The number of hydrogen-bond donors (Lipinski definition) is 1. The number of nitrogens with two attached hydrogens (primary N) is 1. The average Bonchev–Trinajstić information content (AvgIpc) is 2.73. The largest absolute Gasteiger partial charge is 0.447 e. The van der Waals surface area contributed by atoms with Gasteiger partial charge >= 0.3 is 12.3 Å². The fourth-order valence-corrected chi connectivity index (χ4v) is 1.80. The Bertz CT molecular complexity index is 474. The number of nitrogens with zero attached hydrogens (tertiary/aromatic N) is 1. The molecule has 4 nitrogen and oxygen atoms in total. The van der Waals surface area contributed by atoms with Gasteiger partial charge < -0.3 is 10.5 Å². The number of anilines is 1. The number of halogens is 3. The summed E-state index contributed by atoms with van der Waals surface area (Å²) in [7, 11) is 0. The van der Waals surface area contributed by atoms with Gasteiger partial charge in [0.25, 0.3) is 0 Å². The number of carbonyl (C=O) groups excluding carboxylic acids is 1. The Morgan fingerprint density at radius 2 is 2.11 bits per heavy atom. The molecule has 2 rings (SSSR count). The number of amides is 1. The molecular weight excluding hydrogens is 249 g/mol. The minimum Gasteiger partial charge on any atom is -0.447 e. The molecule has 1 saturated heterocycles. The van der Waals surface area contributed by atoms with Crippen LogP contribution in [0.2, 0.25) is 0 Å². The standard InChI is InChI=1S/C11H11F3N2O2/c12-11(13,14)9-5-8(2-1-7(9)6-15)16-3-4-18-10(16)17/h1-2,5H,3-4,6,15H2. The molecule has 1 aromatic carbocycles. The Balaban J connectivity index is 2.43. The molecule has 0 atom stereocenters. The zero-order chi connectivity index (χ0) is 13.3. The Labute approximate surface area is 101 Å². The molecular formula is C11H11F3N2O2. The molecule has 0 bridgehead atoms. The minimum absolute atomic E-state index is 0.00110. The summed E-state index contributed by atoms with van der Waals surface area (Å²) in [5.74, 6) is 0. The van der Waals surface area contributed by atoms with E-state index in [0.29, 0.717) is 0 Å². The summed E-state index contributed by atoms with van der Waals surface area (Å²) in [6.07, 6.45) is -5.13. The highest BCUT2D eigenvalue weighted by atomic mass is 19.4. The number of rotatable bonds is 2. The van der Waals surface area contributed by atoms with Gasteiger partial charge in [0.05, 0.1) is 12.1 Å². The molecule has 1 aliphatic heterocycles. The maximum atomic E-state index is 12.8. The number of hydrogen-bond acceptors (Lipinski definition) is 3. The fourth-order valence-electron chi connectivity index (χ4n) is 1.80. The van der Waals surface area contributed by atoms with Crippen LogP contribution in [0.1, 0.15) is 11.1 Å². The van der Waals surface area contributed by atoms with Crippen molar-refractivity contribution in [1.82, 2.24) is 0 Å². The third-order valence-corrected chi connectivity index (χ3v) is 2.69. The monoisotopic (exact) mass is 260 g/mol. The molecule has 0 spiro atoms. The van der Waals surface area contributed by atoms with E-state index in [1.165, 1.54) is 12.1 Å². The molecule has 0 saturated carbocycles. The van der Waals surface area contributed by atoms with E-state index in [4.69, 9.17) is 5.73 Å². The van der Waals surface area contributed by atoms with Crippen LogP contribution in [0.4, 0.5) is 23.7 Å². The second-order valence-corrected chi connectivity index (χ2v) is 3.81. The summed E-state index contributed by atoms with van der Waals surface area (Å²) in [6, 6.07) is 3.64. The van der Waals surface area contributed by atoms with Crippen molar-refractivity contribution in [3.63, 3.8) is 0 Å². The highest BCUT2D eigenvalue weighted by Gasteiger charge is 2.34. The number of alkyl halides is 3. The molecule has 2 N–H and O–H groups in total. The molecule has 18 heavy (non-hydrogen) atoms. The van der Waals surface area contributed by atoms with E-state index in [1.54, 1.807) is 0 Å². The van der Waals surface area contributed by atoms with Gasteiger partial charge in [0, 0.05) is 12.2 Å². The second-order valence-electron chi connectivity index (χ2n) is 3.81. The lowest BCUT2D eigenvalue weighted by Crippen LogP contribution is -2.24. The summed E-state index contributed by atoms with van der Waals surface area (Å²) >= 11 is 0. The van der Waals surface area contributed by atoms with E-state index in [2.05, 4.69) is 4.74 Å². The Morgan fingerprint density at radius 1 is 1.39 bits per heavy atom. The number of carbonyl (C=O) groups is 1. The molecule has 1 aromatic rings. The molecule has 0 radical (unpaired) electrons. The predicted octanol–water partition coefficient (Wildman–Crippen LogP) is 2.12. The smallest absolute Gasteiger partial charge is 0.416 e. The van der Waals surface area contributed by atoms with E-state index in [0.717, 1.165) is 11.0 Å². The number of ether oxygens (including phenoxy) is 1. The first-order chi connectivity index (χ1) is 8.43. The van der Waals surface area contributed by atoms with Crippen molar-refractivity contribution >= 4 is 11.8 Å². The Kier molecular flexibility index (Phi) is 3.16. The van der Waals surface area contributed by atoms with Gasteiger partial charge in [-0.1, -0.05) is 6.07 Å². The van der Waals surface area contributed by atoms with Gasteiger partial charge in [0.2, 0.25) is 0 Å². The van der Waals surface area contributed by atoms with Gasteiger partial charge in [-0.3, -0.25) is 4.90 Å². The van der Waals surface area contributed by atoms with Crippen LogP contribution in [0, 0.1) is 0 Å². The SMILES string of the molecule is NCc1ccc(N2CCOC2=O)cc1C(F)(F)F. The Morgan fingerprint density at radius 3 is 2.61 bits per heavy atom. The summed E-state index contributed by atoms with van der Waals surface area (Å²) in [5, 5.41) is 0. The summed E-state index contributed by atoms with van der Waals surface area (Å²) < 4.78 is 43.1. The lowest BCUT2D eigenvalue weighted by molar-refractivity contribution is -0.138. The molecule has 7 heteroatoms. The minimum atomic E-state index is -4.49. The lowest BCUT2D eigenvalue weighted by Gasteiger charge is -2.17. The van der Waals surface area contributed by atoms with Gasteiger partial charge in [0.15, 0.2) is 0 Å². The lowest BCUT2D eigenvalue weighted by atomic mass is 10.1. The molecule has 1 fully saturated rings. The molecule has 1 aliphatic rings. The van der Waals surface area contributed by atoms with Gasteiger partial charge in [-0.25, -0.2) is 4.79 Å². The van der Waals surface area contributed by atoms with Crippen molar-refractivity contribution in [1.29, 1.82) is 0 Å². The van der Waals surface area contributed by atoms with E-state index in [-0.39, 0.29) is 30.9 Å². The van der Waals surface area contributed by atoms with E-state index < -0.39 is 17.8 Å². The highest BCUT2D eigenvalue weighted by molar-refractivity contribution is 5.89. The first-order valence-corrected chi connectivity index (χ1v) is 5.28. The first kappa shape index (κ1) is 12.7. The maximum absolute atomic E-state index is 12.8. The quantitative estimate of drug-likeness (QED) is 0.886. The normalized spacial score (nSPS) is 16.0. The second kappa shape index (κ2) is 4.49. The Hall–Kier alpha value is -1.76. The molecule has 1 heterocycles. The van der Waals surface area contributed by atoms with Crippen molar-refractivity contribution < 1.29 is 22.7 Å². The van der Waals surface area contributed by atoms with Gasteiger partial charge in [-0.2, -0.15) is 13.2 Å². The van der Waals surface area contributed by atoms with Gasteiger partial charge in [-0.15, -0.1) is 0 Å². The summed E-state index contributed by atoms with van der Waals surface area (Å²) in [6.45, 7) is 0.219. The highest BCUT2D eigenvalue weighted by Crippen LogP contribution is 2.35. The zero-order valence-corrected chi connectivity index (χ0v) is 9.33. The van der Waals surface area contributed by atoms with Crippen molar-refractivity contribution in [2.75, 3.05) is 18.1 Å². The van der Waals surface area contributed by atoms with E-state index in [9.17, 15) is 18.0 Å². The molecule has 1 amide bonds. The van der Waals surface area contributed by atoms with Crippen LogP contribution in [0.3, 0.4) is 0 Å². The average molecular weight is 260 g/mol. The van der Waals surface area contributed by atoms with Crippen molar-refractivity contribution in [3.05, 3.63) is 29.3 Å². The summed E-state index contributed by atoms with van der Waals surface area (Å²) in [4.78, 5) is 12.5. The van der Waals surface area contributed by atoms with E-state index in [1.807, 2.05) is 0 Å². The summed E-state index contributed by atoms with van der Waals surface area (Å²) in [5.41, 5.74) is 4.62.